The van der Waals surface area contributed by atoms with Gasteiger partial charge in [-0.1, -0.05) is 45.4 Å². The molecule has 0 aromatic carbocycles. The molecule has 0 spiro atoms. The fourth-order valence-corrected chi connectivity index (χ4v) is 3.19. The van der Waals surface area contributed by atoms with Gasteiger partial charge in [-0.2, -0.15) is 4.39 Å². The number of halogens is 2. The summed E-state index contributed by atoms with van der Waals surface area (Å²) in [6.07, 6.45) is 11.3. The second-order valence-corrected chi connectivity index (χ2v) is 5.83. The Morgan fingerprint density at radius 3 is 2.32 bits per heavy atom. The molecule has 0 aliphatic heterocycles. The molecule has 2 rings (SSSR count). The SMILES string of the molecule is CCCC1CCC(CCc2cnc(F)c(F)c2)CC1. The van der Waals surface area contributed by atoms with Crippen molar-refractivity contribution in [3.8, 4) is 0 Å². The maximum atomic E-state index is 13.0. The first-order valence-corrected chi connectivity index (χ1v) is 7.49. The van der Waals surface area contributed by atoms with Crippen molar-refractivity contribution < 1.29 is 8.78 Å². The molecule has 19 heavy (non-hydrogen) atoms. The maximum Gasteiger partial charge on any atom is 0.248 e. The molecular weight excluding hydrogens is 244 g/mol. The predicted octanol–water partition coefficient (Wildman–Crippen LogP) is 4.90. The summed E-state index contributed by atoms with van der Waals surface area (Å²) in [6, 6.07) is 1.28. The van der Waals surface area contributed by atoms with Gasteiger partial charge in [-0.15, -0.1) is 0 Å². The van der Waals surface area contributed by atoms with Crippen LogP contribution < -0.4 is 0 Å². The molecule has 0 atom stereocenters. The summed E-state index contributed by atoms with van der Waals surface area (Å²) in [4.78, 5) is 3.44. The summed E-state index contributed by atoms with van der Waals surface area (Å²) in [5.74, 6) is -0.152. The van der Waals surface area contributed by atoms with Gasteiger partial charge in [-0.3, -0.25) is 0 Å². The molecule has 1 aromatic rings. The molecule has 1 heterocycles. The van der Waals surface area contributed by atoms with Crippen LogP contribution in [0.25, 0.3) is 0 Å². The highest BCUT2D eigenvalue weighted by Gasteiger charge is 2.20. The van der Waals surface area contributed by atoms with E-state index in [1.165, 1.54) is 50.8 Å². The lowest BCUT2D eigenvalue weighted by Crippen LogP contribution is -2.15. The molecule has 3 heteroatoms. The van der Waals surface area contributed by atoms with Gasteiger partial charge in [0.1, 0.15) is 0 Å². The standard InChI is InChI=1S/C16H23F2N/c1-2-3-12-4-6-13(7-5-12)8-9-14-10-15(17)16(18)19-11-14/h10-13H,2-9H2,1H3. The van der Waals surface area contributed by atoms with Gasteiger partial charge >= 0.3 is 0 Å². The van der Waals surface area contributed by atoms with Gasteiger partial charge < -0.3 is 0 Å². The van der Waals surface area contributed by atoms with Crippen molar-refractivity contribution in [3.05, 3.63) is 29.6 Å². The van der Waals surface area contributed by atoms with E-state index in [1.54, 1.807) is 0 Å². The summed E-state index contributed by atoms with van der Waals surface area (Å²) in [5.41, 5.74) is 0.814. The highest BCUT2D eigenvalue weighted by molar-refractivity contribution is 5.11. The minimum absolute atomic E-state index is 0.751. The van der Waals surface area contributed by atoms with E-state index >= 15 is 0 Å². The van der Waals surface area contributed by atoms with Crippen molar-refractivity contribution in [3.63, 3.8) is 0 Å². The molecule has 0 unspecified atom stereocenters. The van der Waals surface area contributed by atoms with E-state index in [0.717, 1.165) is 30.2 Å². The lowest BCUT2D eigenvalue weighted by atomic mass is 9.78. The number of aromatic nitrogens is 1. The van der Waals surface area contributed by atoms with Crippen LogP contribution >= 0.6 is 0 Å². The normalized spacial score (nSPS) is 23.5. The van der Waals surface area contributed by atoms with Crippen LogP contribution in [0, 0.1) is 23.6 Å². The van der Waals surface area contributed by atoms with Gasteiger partial charge in [0.25, 0.3) is 0 Å². The first-order chi connectivity index (χ1) is 9.19. The smallest absolute Gasteiger partial charge is 0.225 e. The number of rotatable bonds is 5. The Labute approximate surface area is 114 Å². The van der Waals surface area contributed by atoms with Crippen LogP contribution in [0.2, 0.25) is 0 Å². The molecule has 1 nitrogen and oxygen atoms in total. The van der Waals surface area contributed by atoms with Crippen molar-refractivity contribution in [1.82, 2.24) is 4.98 Å². The Morgan fingerprint density at radius 1 is 1.11 bits per heavy atom. The molecule has 1 aliphatic carbocycles. The Bertz CT molecular complexity index is 398. The van der Waals surface area contributed by atoms with Crippen molar-refractivity contribution in [1.29, 1.82) is 0 Å². The molecule has 0 N–H and O–H groups in total. The lowest BCUT2D eigenvalue weighted by Gasteiger charge is -2.28. The van der Waals surface area contributed by atoms with E-state index in [4.69, 9.17) is 0 Å². The topological polar surface area (TPSA) is 12.9 Å². The van der Waals surface area contributed by atoms with Gasteiger partial charge in [0.15, 0.2) is 5.82 Å². The third-order valence-corrected chi connectivity index (χ3v) is 4.36. The van der Waals surface area contributed by atoms with Crippen molar-refractivity contribution in [2.24, 2.45) is 11.8 Å². The van der Waals surface area contributed by atoms with Gasteiger partial charge in [-0.25, -0.2) is 9.37 Å². The Hall–Kier alpha value is -0.990. The lowest BCUT2D eigenvalue weighted by molar-refractivity contribution is 0.252. The third kappa shape index (κ3) is 4.26. The van der Waals surface area contributed by atoms with E-state index < -0.39 is 11.8 Å². The van der Waals surface area contributed by atoms with Gasteiger partial charge in [0, 0.05) is 6.20 Å². The van der Waals surface area contributed by atoms with E-state index in [0.29, 0.717) is 0 Å². The molecule has 1 aliphatic rings. The number of aryl methyl sites for hydroxylation is 1. The molecular formula is C16H23F2N. The average Bonchev–Trinajstić information content (AvgIpc) is 2.42. The van der Waals surface area contributed by atoms with Crippen molar-refractivity contribution >= 4 is 0 Å². The van der Waals surface area contributed by atoms with Crippen LogP contribution in [0.15, 0.2) is 12.3 Å². The molecule has 1 saturated carbocycles. The van der Waals surface area contributed by atoms with Crippen LogP contribution in [0.1, 0.15) is 57.4 Å². The van der Waals surface area contributed by atoms with E-state index in [-0.39, 0.29) is 0 Å². The van der Waals surface area contributed by atoms with Crippen LogP contribution in [-0.2, 0) is 6.42 Å². The molecule has 0 bridgehead atoms. The van der Waals surface area contributed by atoms with Crippen molar-refractivity contribution in [2.45, 2.75) is 58.3 Å². The predicted molar refractivity (Wildman–Crippen MR) is 72.8 cm³/mol. The summed E-state index contributed by atoms with van der Waals surface area (Å²) in [5, 5.41) is 0. The third-order valence-electron chi connectivity index (χ3n) is 4.36. The van der Waals surface area contributed by atoms with Gasteiger partial charge in [-0.05, 0) is 36.3 Å². The summed E-state index contributed by atoms with van der Waals surface area (Å²) < 4.78 is 25.8. The summed E-state index contributed by atoms with van der Waals surface area (Å²) >= 11 is 0. The fraction of sp³-hybridized carbons (Fsp3) is 0.688. The quantitative estimate of drug-likeness (QED) is 0.691. The van der Waals surface area contributed by atoms with E-state index in [2.05, 4.69) is 11.9 Å². The second kappa shape index (κ2) is 6.97. The molecule has 0 radical (unpaired) electrons. The van der Waals surface area contributed by atoms with Gasteiger partial charge in [0.2, 0.25) is 5.95 Å². The second-order valence-electron chi connectivity index (χ2n) is 5.83. The van der Waals surface area contributed by atoms with Crippen molar-refractivity contribution in [2.75, 3.05) is 0 Å². The number of hydrogen-bond donors (Lipinski definition) is 0. The summed E-state index contributed by atoms with van der Waals surface area (Å²) in [6.45, 7) is 2.25. The number of nitrogens with zero attached hydrogens (tertiary/aromatic N) is 1. The van der Waals surface area contributed by atoms with E-state index in [1.807, 2.05) is 0 Å². The Morgan fingerprint density at radius 2 is 1.74 bits per heavy atom. The molecule has 106 valence electrons. The molecule has 1 aromatic heterocycles. The fourth-order valence-electron chi connectivity index (χ4n) is 3.19. The van der Waals surface area contributed by atoms with Crippen LogP contribution in [-0.4, -0.2) is 4.98 Å². The minimum Gasteiger partial charge on any atom is -0.225 e. The van der Waals surface area contributed by atoms with Crippen LogP contribution in [0.4, 0.5) is 8.78 Å². The zero-order valence-corrected chi connectivity index (χ0v) is 11.7. The zero-order chi connectivity index (χ0) is 13.7. The average molecular weight is 267 g/mol. The molecule has 1 fully saturated rings. The highest BCUT2D eigenvalue weighted by atomic mass is 19.2. The molecule has 0 amide bonds. The maximum absolute atomic E-state index is 13.0. The monoisotopic (exact) mass is 267 g/mol. The molecule has 0 saturated heterocycles. The number of hydrogen-bond acceptors (Lipinski definition) is 1. The van der Waals surface area contributed by atoms with Gasteiger partial charge in [0.05, 0.1) is 0 Å². The van der Waals surface area contributed by atoms with E-state index in [9.17, 15) is 8.78 Å². The largest absolute Gasteiger partial charge is 0.248 e. The highest BCUT2D eigenvalue weighted by Crippen LogP contribution is 2.33. The first kappa shape index (κ1) is 14.4. The zero-order valence-electron chi connectivity index (χ0n) is 11.7. The Balaban J connectivity index is 1.75. The number of pyridine rings is 1. The van der Waals surface area contributed by atoms with Crippen LogP contribution in [0.3, 0.4) is 0 Å². The minimum atomic E-state index is -0.996. The Kier molecular flexibility index (Phi) is 5.29. The summed E-state index contributed by atoms with van der Waals surface area (Å²) in [7, 11) is 0. The first-order valence-electron chi connectivity index (χ1n) is 7.49. The van der Waals surface area contributed by atoms with Crippen LogP contribution in [0.5, 0.6) is 0 Å².